The summed E-state index contributed by atoms with van der Waals surface area (Å²) in [6, 6.07) is 4.02. The molecule has 0 saturated carbocycles. The summed E-state index contributed by atoms with van der Waals surface area (Å²) in [5.74, 6) is 0. The Morgan fingerprint density at radius 3 is 1.56 bits per heavy atom. The Morgan fingerprint density at radius 2 is 1.25 bits per heavy atom. The van der Waals surface area contributed by atoms with E-state index < -0.39 is 0 Å². The summed E-state index contributed by atoms with van der Waals surface area (Å²) in [5.41, 5.74) is 2.21. The monoisotopic (exact) mass is 346 g/mol. The molecule has 0 aliphatic carbocycles. The first-order chi connectivity index (χ1) is 7.69. The fourth-order valence-electron chi connectivity index (χ4n) is 1.44. The minimum absolute atomic E-state index is 0.527. The minimum atomic E-state index is 0.527. The minimum Gasteiger partial charge on any atom is -0.303 e. The maximum atomic E-state index is 10.3. The zero-order valence-electron chi connectivity index (χ0n) is 8.71. The molecule has 0 fully saturated rings. The van der Waals surface area contributed by atoms with Gasteiger partial charge in [0.05, 0.1) is 0 Å². The van der Waals surface area contributed by atoms with E-state index in [4.69, 9.17) is 0 Å². The van der Waals surface area contributed by atoms with Crippen LogP contribution in [0.2, 0.25) is 0 Å². The number of aryl methyl sites for hydroxylation is 2. The van der Waals surface area contributed by atoms with Crippen molar-refractivity contribution < 1.29 is 9.59 Å². The number of benzene rings is 1. The van der Waals surface area contributed by atoms with Gasteiger partial charge in [-0.15, -0.1) is 0 Å². The number of hydrogen-bond acceptors (Lipinski definition) is 2. The maximum absolute atomic E-state index is 10.3. The number of hydrogen-bond donors (Lipinski definition) is 0. The summed E-state index contributed by atoms with van der Waals surface area (Å²) in [5, 5.41) is 0. The Labute approximate surface area is 112 Å². The molecule has 0 saturated heterocycles. The number of carbonyl (C=O) groups excluding carboxylic acids is 2. The van der Waals surface area contributed by atoms with Gasteiger partial charge in [-0.1, -0.05) is 31.9 Å². The molecule has 0 atom stereocenters. The molecule has 0 aliphatic heterocycles. The van der Waals surface area contributed by atoms with Crippen LogP contribution in [0.4, 0.5) is 0 Å². The first-order valence-corrected chi connectivity index (χ1v) is 6.61. The lowest BCUT2D eigenvalue weighted by atomic mass is 10.0. The number of halogens is 2. The van der Waals surface area contributed by atoms with Crippen molar-refractivity contribution in [2.75, 3.05) is 0 Å². The van der Waals surface area contributed by atoms with Crippen LogP contribution >= 0.6 is 31.9 Å². The average Bonchev–Trinajstić information content (AvgIpc) is 2.28. The number of rotatable bonds is 6. The highest BCUT2D eigenvalue weighted by molar-refractivity contribution is 9.11. The molecule has 0 aliphatic rings. The van der Waals surface area contributed by atoms with Crippen LogP contribution in [-0.2, 0) is 22.4 Å². The third-order valence-electron chi connectivity index (χ3n) is 2.28. The van der Waals surface area contributed by atoms with E-state index in [0.29, 0.717) is 12.8 Å². The lowest BCUT2D eigenvalue weighted by Crippen LogP contribution is -1.94. The van der Waals surface area contributed by atoms with Crippen molar-refractivity contribution in [2.24, 2.45) is 0 Å². The van der Waals surface area contributed by atoms with Gasteiger partial charge in [0, 0.05) is 21.8 Å². The molecule has 0 N–H and O–H groups in total. The smallest absolute Gasteiger partial charge is 0.120 e. The topological polar surface area (TPSA) is 34.1 Å². The zero-order chi connectivity index (χ0) is 12.0. The first kappa shape index (κ1) is 13.6. The van der Waals surface area contributed by atoms with Crippen LogP contribution in [-0.4, -0.2) is 12.6 Å². The fourth-order valence-corrected chi connectivity index (χ4v) is 2.62. The zero-order valence-corrected chi connectivity index (χ0v) is 11.9. The molecule has 0 amide bonds. The molecule has 0 unspecified atom stereocenters. The molecule has 0 radical (unpaired) electrons. The van der Waals surface area contributed by atoms with Crippen molar-refractivity contribution in [3.63, 3.8) is 0 Å². The van der Waals surface area contributed by atoms with Gasteiger partial charge in [0.25, 0.3) is 0 Å². The van der Waals surface area contributed by atoms with Crippen LogP contribution < -0.4 is 0 Å². The molecule has 1 aromatic carbocycles. The van der Waals surface area contributed by atoms with Gasteiger partial charge in [-0.2, -0.15) is 0 Å². The quantitative estimate of drug-likeness (QED) is 0.738. The molecule has 1 rings (SSSR count). The van der Waals surface area contributed by atoms with Crippen LogP contribution in [0.25, 0.3) is 0 Å². The van der Waals surface area contributed by atoms with Crippen LogP contribution in [0.15, 0.2) is 21.1 Å². The molecule has 0 aromatic heterocycles. The third-order valence-corrected chi connectivity index (χ3v) is 3.75. The van der Waals surface area contributed by atoms with E-state index in [-0.39, 0.29) is 0 Å². The van der Waals surface area contributed by atoms with E-state index >= 15 is 0 Å². The maximum Gasteiger partial charge on any atom is 0.120 e. The molecular weight excluding hydrogens is 336 g/mol. The normalized spacial score (nSPS) is 10.1. The van der Waals surface area contributed by atoms with E-state index in [9.17, 15) is 9.59 Å². The van der Waals surface area contributed by atoms with Crippen molar-refractivity contribution >= 4 is 44.4 Å². The Hall–Kier alpha value is -0.480. The van der Waals surface area contributed by atoms with Gasteiger partial charge in [0.2, 0.25) is 0 Å². The molecule has 0 bridgehead atoms. The Morgan fingerprint density at radius 1 is 0.875 bits per heavy atom. The number of aldehydes is 2. The van der Waals surface area contributed by atoms with Gasteiger partial charge in [-0.25, -0.2) is 0 Å². The molecule has 0 spiro atoms. The summed E-state index contributed by atoms with van der Waals surface area (Å²) in [7, 11) is 0. The lowest BCUT2D eigenvalue weighted by molar-refractivity contribution is -0.108. The van der Waals surface area contributed by atoms with Gasteiger partial charge < -0.3 is 9.59 Å². The first-order valence-electron chi connectivity index (χ1n) is 5.03. The van der Waals surface area contributed by atoms with E-state index in [2.05, 4.69) is 31.9 Å². The third kappa shape index (κ3) is 3.83. The van der Waals surface area contributed by atoms with Crippen LogP contribution in [0.5, 0.6) is 0 Å². The summed E-state index contributed by atoms with van der Waals surface area (Å²) >= 11 is 6.96. The predicted molar refractivity (Wildman–Crippen MR) is 70.6 cm³/mol. The van der Waals surface area contributed by atoms with Gasteiger partial charge >= 0.3 is 0 Å². The predicted octanol–water partition coefficient (Wildman–Crippen LogP) is 3.47. The van der Waals surface area contributed by atoms with E-state index in [1.807, 2.05) is 12.1 Å². The highest BCUT2D eigenvalue weighted by Gasteiger charge is 2.06. The molecular formula is C12H12Br2O2. The number of carbonyl (C=O) groups is 2. The summed E-state index contributed by atoms with van der Waals surface area (Å²) < 4.78 is 2.00. The lowest BCUT2D eigenvalue weighted by Gasteiger charge is -2.08. The van der Waals surface area contributed by atoms with Gasteiger partial charge in [0.15, 0.2) is 0 Å². The molecule has 0 heterocycles. The van der Waals surface area contributed by atoms with Crippen LogP contribution in [0.3, 0.4) is 0 Å². The van der Waals surface area contributed by atoms with E-state index in [0.717, 1.165) is 45.5 Å². The molecule has 16 heavy (non-hydrogen) atoms. The van der Waals surface area contributed by atoms with Crippen molar-refractivity contribution in [2.45, 2.75) is 25.7 Å². The summed E-state index contributed by atoms with van der Waals surface area (Å²) in [6.07, 6.45) is 4.35. The SMILES string of the molecule is O=CCCc1cc(Br)c(CCC=O)cc1Br. The molecule has 2 nitrogen and oxygen atoms in total. The average molecular weight is 348 g/mol. The summed E-state index contributed by atoms with van der Waals surface area (Å²) in [4.78, 5) is 20.6. The van der Waals surface area contributed by atoms with Crippen molar-refractivity contribution in [1.29, 1.82) is 0 Å². The standard InChI is InChI=1S/C12H12Br2O2/c13-11-8-10(4-2-6-16)12(14)7-9(11)3-1-5-15/h5-8H,1-4H2. The van der Waals surface area contributed by atoms with Crippen molar-refractivity contribution in [3.05, 3.63) is 32.2 Å². The van der Waals surface area contributed by atoms with Gasteiger partial charge in [-0.05, 0) is 36.1 Å². The second kappa shape index (κ2) is 6.97. The van der Waals surface area contributed by atoms with Crippen LogP contribution in [0, 0.1) is 0 Å². The molecule has 1 aromatic rings. The fraction of sp³-hybridized carbons (Fsp3) is 0.333. The second-order valence-corrected chi connectivity index (χ2v) is 5.15. The van der Waals surface area contributed by atoms with Gasteiger partial charge in [0.1, 0.15) is 12.6 Å². The highest BCUT2D eigenvalue weighted by atomic mass is 79.9. The van der Waals surface area contributed by atoms with Gasteiger partial charge in [-0.3, -0.25) is 0 Å². The summed E-state index contributed by atoms with van der Waals surface area (Å²) in [6.45, 7) is 0. The largest absolute Gasteiger partial charge is 0.303 e. The molecule has 4 heteroatoms. The van der Waals surface area contributed by atoms with E-state index in [1.54, 1.807) is 0 Å². The Balaban J connectivity index is 2.87. The molecule has 86 valence electrons. The van der Waals surface area contributed by atoms with Crippen LogP contribution in [0.1, 0.15) is 24.0 Å². The van der Waals surface area contributed by atoms with E-state index in [1.165, 1.54) is 0 Å². The Bertz CT molecular complexity index is 351. The second-order valence-electron chi connectivity index (χ2n) is 3.45. The van der Waals surface area contributed by atoms with Crippen molar-refractivity contribution in [3.8, 4) is 0 Å². The highest BCUT2D eigenvalue weighted by Crippen LogP contribution is 2.27. The van der Waals surface area contributed by atoms with Crippen molar-refractivity contribution in [1.82, 2.24) is 0 Å². The Kier molecular flexibility index (Phi) is 5.91.